The Morgan fingerprint density at radius 1 is 0.879 bits per heavy atom. The third-order valence-corrected chi connectivity index (χ3v) is 4.46. The van der Waals surface area contributed by atoms with Crippen molar-refractivity contribution in [1.82, 2.24) is 0 Å². The molecule has 0 saturated heterocycles. The van der Waals surface area contributed by atoms with Crippen LogP contribution in [0.2, 0.25) is 0 Å². The molecule has 2 rings (SSSR count). The molecular formula is C25H27F3O5. The number of esters is 2. The van der Waals surface area contributed by atoms with E-state index in [-0.39, 0.29) is 18.6 Å². The van der Waals surface area contributed by atoms with Crippen molar-refractivity contribution in [1.29, 1.82) is 0 Å². The topological polar surface area (TPSA) is 61.8 Å². The minimum atomic E-state index is -4.20. The predicted octanol–water partition coefficient (Wildman–Crippen LogP) is 6.37. The first-order valence-corrected chi connectivity index (χ1v) is 10.7. The molecular weight excluding hydrogens is 437 g/mol. The van der Waals surface area contributed by atoms with Crippen molar-refractivity contribution in [2.75, 3.05) is 13.2 Å². The zero-order chi connectivity index (χ0) is 24.1. The Balaban J connectivity index is 1.79. The predicted molar refractivity (Wildman–Crippen MR) is 118 cm³/mol. The number of alkyl halides is 3. The van der Waals surface area contributed by atoms with Gasteiger partial charge in [0, 0.05) is 12.5 Å². The van der Waals surface area contributed by atoms with Gasteiger partial charge < -0.3 is 14.2 Å². The molecule has 0 heterocycles. The van der Waals surface area contributed by atoms with Gasteiger partial charge in [-0.25, -0.2) is 9.59 Å². The SMILES string of the molecule is CCCCCOC(=O)C=Cc1ccc(OC(=O)c2ccc(OCCCC(F)(F)F)cc2)cc1. The molecule has 2 aromatic carbocycles. The Bertz CT molecular complexity index is 903. The molecule has 0 fully saturated rings. The van der Waals surface area contributed by atoms with Crippen LogP contribution in [0.1, 0.15) is 54.9 Å². The highest BCUT2D eigenvalue weighted by atomic mass is 19.4. The minimum absolute atomic E-state index is 0.0688. The fourth-order valence-electron chi connectivity index (χ4n) is 2.70. The Morgan fingerprint density at radius 3 is 2.18 bits per heavy atom. The first-order chi connectivity index (χ1) is 15.8. The standard InChI is InChI=1S/C25H27F3O5/c1-2-3-4-17-32-23(29)15-8-19-6-11-22(12-7-19)33-24(30)20-9-13-21(14-10-20)31-18-5-16-25(26,27)28/h6-15H,2-5,16-18H2,1H3. The summed E-state index contributed by atoms with van der Waals surface area (Å²) in [6.45, 7) is 2.40. The molecule has 0 saturated carbocycles. The molecule has 33 heavy (non-hydrogen) atoms. The maximum Gasteiger partial charge on any atom is 0.389 e. The van der Waals surface area contributed by atoms with E-state index >= 15 is 0 Å². The molecule has 0 atom stereocenters. The number of benzene rings is 2. The van der Waals surface area contributed by atoms with Crippen molar-refractivity contribution in [2.24, 2.45) is 0 Å². The summed E-state index contributed by atoms with van der Waals surface area (Å²) in [7, 11) is 0. The average Bonchev–Trinajstić information content (AvgIpc) is 2.79. The van der Waals surface area contributed by atoms with Crippen molar-refractivity contribution < 1.29 is 37.0 Å². The average molecular weight is 464 g/mol. The van der Waals surface area contributed by atoms with Crippen LogP contribution >= 0.6 is 0 Å². The number of carbonyl (C=O) groups excluding carboxylic acids is 2. The molecule has 0 spiro atoms. The summed E-state index contributed by atoms with van der Waals surface area (Å²) in [6, 6.07) is 12.5. The summed E-state index contributed by atoms with van der Waals surface area (Å²) < 4.78 is 52.0. The van der Waals surface area contributed by atoms with E-state index < -0.39 is 24.5 Å². The molecule has 178 valence electrons. The van der Waals surface area contributed by atoms with Crippen LogP contribution < -0.4 is 9.47 Å². The second-order valence-corrected chi connectivity index (χ2v) is 7.26. The van der Waals surface area contributed by atoms with Crippen LogP contribution in [-0.2, 0) is 9.53 Å². The van der Waals surface area contributed by atoms with E-state index in [1.165, 1.54) is 30.3 Å². The van der Waals surface area contributed by atoms with E-state index in [9.17, 15) is 22.8 Å². The number of hydrogen-bond donors (Lipinski definition) is 0. The maximum atomic E-state index is 12.3. The van der Waals surface area contributed by atoms with Gasteiger partial charge in [0.05, 0.1) is 18.8 Å². The normalized spacial score (nSPS) is 11.4. The van der Waals surface area contributed by atoms with E-state index in [0.717, 1.165) is 24.8 Å². The lowest BCUT2D eigenvalue weighted by molar-refractivity contribution is -0.138. The molecule has 0 aliphatic carbocycles. The van der Waals surface area contributed by atoms with Crippen molar-refractivity contribution in [3.63, 3.8) is 0 Å². The molecule has 8 heteroatoms. The summed E-state index contributed by atoms with van der Waals surface area (Å²) in [5, 5.41) is 0. The Labute approximate surface area is 191 Å². The van der Waals surface area contributed by atoms with Crippen molar-refractivity contribution in [3.05, 3.63) is 65.7 Å². The van der Waals surface area contributed by atoms with E-state index in [1.807, 2.05) is 0 Å². The second kappa shape index (κ2) is 13.3. The monoisotopic (exact) mass is 464 g/mol. The number of rotatable bonds is 12. The Morgan fingerprint density at radius 2 is 1.55 bits per heavy atom. The fraction of sp³-hybridized carbons (Fsp3) is 0.360. The van der Waals surface area contributed by atoms with Crippen molar-refractivity contribution in [3.8, 4) is 11.5 Å². The van der Waals surface area contributed by atoms with E-state index in [1.54, 1.807) is 30.3 Å². The van der Waals surface area contributed by atoms with Gasteiger partial charge in [-0.05, 0) is 60.9 Å². The van der Waals surface area contributed by atoms with E-state index in [2.05, 4.69) is 6.92 Å². The number of ether oxygens (including phenoxy) is 3. The molecule has 0 aliphatic heterocycles. The van der Waals surface area contributed by atoms with Gasteiger partial charge in [0.15, 0.2) is 0 Å². The molecule has 0 radical (unpaired) electrons. The maximum absolute atomic E-state index is 12.3. The van der Waals surface area contributed by atoms with Crippen LogP contribution in [0.4, 0.5) is 13.2 Å². The van der Waals surface area contributed by atoms with Crippen LogP contribution in [0, 0.1) is 0 Å². The summed E-state index contributed by atoms with van der Waals surface area (Å²) in [6.07, 6.45) is 0.618. The molecule has 0 N–H and O–H groups in total. The fourth-order valence-corrected chi connectivity index (χ4v) is 2.70. The summed E-state index contributed by atoms with van der Waals surface area (Å²) in [4.78, 5) is 23.9. The highest BCUT2D eigenvalue weighted by Gasteiger charge is 2.26. The summed E-state index contributed by atoms with van der Waals surface area (Å²) in [5.41, 5.74) is 1.01. The van der Waals surface area contributed by atoms with Gasteiger partial charge in [-0.15, -0.1) is 0 Å². The van der Waals surface area contributed by atoms with Gasteiger partial charge in [-0.3, -0.25) is 0 Å². The van der Waals surface area contributed by atoms with Gasteiger partial charge in [0.2, 0.25) is 0 Å². The third kappa shape index (κ3) is 10.7. The highest BCUT2D eigenvalue weighted by Crippen LogP contribution is 2.22. The minimum Gasteiger partial charge on any atom is -0.494 e. The molecule has 5 nitrogen and oxygen atoms in total. The lowest BCUT2D eigenvalue weighted by Gasteiger charge is -2.09. The molecule has 0 aliphatic rings. The lowest BCUT2D eigenvalue weighted by Crippen LogP contribution is -2.10. The zero-order valence-corrected chi connectivity index (χ0v) is 18.4. The van der Waals surface area contributed by atoms with Crippen LogP contribution in [0.15, 0.2) is 54.6 Å². The van der Waals surface area contributed by atoms with Gasteiger partial charge in [-0.1, -0.05) is 31.9 Å². The Hall–Kier alpha value is -3.29. The molecule has 2 aromatic rings. The van der Waals surface area contributed by atoms with Crippen LogP contribution in [-0.4, -0.2) is 31.3 Å². The highest BCUT2D eigenvalue weighted by molar-refractivity contribution is 5.91. The largest absolute Gasteiger partial charge is 0.494 e. The summed E-state index contributed by atoms with van der Waals surface area (Å²) in [5.74, 6) is -0.299. The van der Waals surface area contributed by atoms with Gasteiger partial charge >= 0.3 is 18.1 Å². The number of unbranched alkanes of at least 4 members (excludes halogenated alkanes) is 2. The molecule has 0 amide bonds. The van der Waals surface area contributed by atoms with Gasteiger partial charge in [0.25, 0.3) is 0 Å². The first kappa shape index (κ1) is 26.0. The van der Waals surface area contributed by atoms with Crippen molar-refractivity contribution in [2.45, 2.75) is 45.2 Å². The van der Waals surface area contributed by atoms with Crippen LogP contribution in [0.25, 0.3) is 6.08 Å². The van der Waals surface area contributed by atoms with Crippen molar-refractivity contribution >= 4 is 18.0 Å². The lowest BCUT2D eigenvalue weighted by atomic mass is 10.2. The quantitative estimate of drug-likeness (QED) is 0.158. The molecule has 0 bridgehead atoms. The van der Waals surface area contributed by atoms with Gasteiger partial charge in [0.1, 0.15) is 11.5 Å². The first-order valence-electron chi connectivity index (χ1n) is 10.7. The van der Waals surface area contributed by atoms with E-state index in [0.29, 0.717) is 18.1 Å². The smallest absolute Gasteiger partial charge is 0.389 e. The van der Waals surface area contributed by atoms with Crippen LogP contribution in [0.5, 0.6) is 11.5 Å². The molecule has 0 unspecified atom stereocenters. The number of hydrogen-bond acceptors (Lipinski definition) is 5. The zero-order valence-electron chi connectivity index (χ0n) is 18.4. The second-order valence-electron chi connectivity index (χ2n) is 7.26. The van der Waals surface area contributed by atoms with Gasteiger partial charge in [-0.2, -0.15) is 13.2 Å². The third-order valence-electron chi connectivity index (χ3n) is 4.46. The number of halogens is 3. The summed E-state index contributed by atoms with van der Waals surface area (Å²) >= 11 is 0. The van der Waals surface area contributed by atoms with Crippen LogP contribution in [0.3, 0.4) is 0 Å². The number of carbonyl (C=O) groups is 2. The molecule has 0 aromatic heterocycles. The van der Waals surface area contributed by atoms with E-state index in [4.69, 9.17) is 14.2 Å². The Kier molecular flexibility index (Phi) is 10.5.